The van der Waals surface area contributed by atoms with E-state index in [9.17, 15) is 8.78 Å². The van der Waals surface area contributed by atoms with Crippen LogP contribution in [0.2, 0.25) is 0 Å². The minimum atomic E-state index is -1.82. The summed E-state index contributed by atoms with van der Waals surface area (Å²) in [5.41, 5.74) is 1.20. The molecule has 1 heterocycles. The lowest BCUT2D eigenvalue weighted by Gasteiger charge is -2.13. The highest BCUT2D eigenvalue weighted by atomic mass is 19.1. The topological polar surface area (TPSA) is 115 Å². The van der Waals surface area contributed by atoms with Gasteiger partial charge in [-0.25, -0.2) is 18.4 Å². The SMILES string of the molecule is COc1ccc(Cc2nccc3cc(OC)c(OCCF)cc23)c(F)c1.O=C(O)C(=O)O. The van der Waals surface area contributed by atoms with E-state index in [1.54, 1.807) is 30.5 Å². The van der Waals surface area contributed by atoms with Gasteiger partial charge in [0.15, 0.2) is 11.5 Å². The Labute approximate surface area is 182 Å². The molecular weight excluding hydrogens is 428 g/mol. The number of fused-ring (bicyclic) bond motifs is 1. The summed E-state index contributed by atoms with van der Waals surface area (Å²) in [5, 5.41) is 16.5. The zero-order valence-corrected chi connectivity index (χ0v) is 17.3. The number of carboxylic acids is 2. The zero-order valence-electron chi connectivity index (χ0n) is 17.3. The summed E-state index contributed by atoms with van der Waals surface area (Å²) in [6.07, 6.45) is 1.97. The van der Waals surface area contributed by atoms with E-state index in [1.165, 1.54) is 20.3 Å². The predicted molar refractivity (Wildman–Crippen MR) is 111 cm³/mol. The maximum absolute atomic E-state index is 14.3. The maximum Gasteiger partial charge on any atom is 0.414 e. The molecule has 0 radical (unpaired) electrons. The van der Waals surface area contributed by atoms with Crippen molar-refractivity contribution < 1.29 is 42.8 Å². The van der Waals surface area contributed by atoms with Crippen LogP contribution in [0, 0.1) is 5.82 Å². The largest absolute Gasteiger partial charge is 0.497 e. The summed E-state index contributed by atoms with van der Waals surface area (Å²) in [6.45, 7) is -0.664. The molecule has 1 aromatic heterocycles. The van der Waals surface area contributed by atoms with Gasteiger partial charge in [-0.1, -0.05) is 6.07 Å². The van der Waals surface area contributed by atoms with Gasteiger partial charge in [0.25, 0.3) is 0 Å². The molecular formula is C22H21F2NO7. The van der Waals surface area contributed by atoms with Crippen molar-refractivity contribution in [2.45, 2.75) is 6.42 Å². The number of methoxy groups -OCH3 is 2. The van der Waals surface area contributed by atoms with Crippen LogP contribution in [0.1, 0.15) is 11.3 Å². The number of carbonyl (C=O) groups is 2. The number of aliphatic carboxylic acids is 2. The van der Waals surface area contributed by atoms with Crippen molar-refractivity contribution in [1.82, 2.24) is 4.98 Å². The summed E-state index contributed by atoms with van der Waals surface area (Å²) in [5.74, 6) is -2.60. The van der Waals surface area contributed by atoms with Gasteiger partial charge in [-0.05, 0) is 35.2 Å². The van der Waals surface area contributed by atoms with E-state index in [1.807, 2.05) is 6.07 Å². The van der Waals surface area contributed by atoms with Crippen molar-refractivity contribution in [3.63, 3.8) is 0 Å². The minimum absolute atomic E-state index is 0.0649. The number of alkyl halides is 1. The lowest BCUT2D eigenvalue weighted by atomic mass is 10.0. The zero-order chi connectivity index (χ0) is 23.7. The Morgan fingerprint density at radius 3 is 2.28 bits per heavy atom. The molecule has 170 valence electrons. The van der Waals surface area contributed by atoms with Crippen LogP contribution in [0.25, 0.3) is 10.8 Å². The fourth-order valence-corrected chi connectivity index (χ4v) is 2.78. The summed E-state index contributed by atoms with van der Waals surface area (Å²) in [4.78, 5) is 22.6. The second-order valence-electron chi connectivity index (χ2n) is 6.26. The van der Waals surface area contributed by atoms with Gasteiger partial charge < -0.3 is 24.4 Å². The van der Waals surface area contributed by atoms with Crippen LogP contribution in [0.4, 0.5) is 8.78 Å². The highest BCUT2D eigenvalue weighted by molar-refractivity contribution is 6.27. The molecule has 2 N–H and O–H groups in total. The van der Waals surface area contributed by atoms with Crippen LogP contribution in [-0.2, 0) is 16.0 Å². The van der Waals surface area contributed by atoms with Gasteiger partial charge in [0.05, 0.1) is 19.9 Å². The normalized spacial score (nSPS) is 10.1. The van der Waals surface area contributed by atoms with Crippen molar-refractivity contribution in [1.29, 1.82) is 0 Å². The molecule has 0 aliphatic rings. The number of ether oxygens (including phenoxy) is 3. The van der Waals surface area contributed by atoms with E-state index in [0.717, 1.165) is 10.8 Å². The molecule has 0 amide bonds. The molecule has 0 saturated heterocycles. The van der Waals surface area contributed by atoms with Gasteiger partial charge in [0.2, 0.25) is 0 Å². The van der Waals surface area contributed by atoms with E-state index in [4.69, 9.17) is 34.0 Å². The van der Waals surface area contributed by atoms with Crippen LogP contribution in [0.15, 0.2) is 42.6 Å². The van der Waals surface area contributed by atoms with Crippen LogP contribution in [-0.4, -0.2) is 54.6 Å². The third kappa shape index (κ3) is 6.27. The average molecular weight is 449 g/mol. The standard InChI is InChI=1S/C20H19F2NO3.C2H2O4/c1-24-15-4-3-14(17(22)11-15)9-18-16-12-20(26-8-6-21)19(25-2)10-13(16)5-7-23-18;3-1(4)2(5)6/h3-5,7,10-12H,6,8-9H2,1-2H3;(H,3,4)(H,5,6). The molecule has 3 rings (SSSR count). The summed E-state index contributed by atoms with van der Waals surface area (Å²) in [6, 6.07) is 10.1. The second-order valence-corrected chi connectivity index (χ2v) is 6.26. The van der Waals surface area contributed by atoms with Gasteiger partial charge in [-0.3, -0.25) is 4.98 Å². The predicted octanol–water partition coefficient (Wildman–Crippen LogP) is 3.49. The Morgan fingerprint density at radius 2 is 1.72 bits per heavy atom. The molecule has 0 fully saturated rings. The molecule has 8 nitrogen and oxygen atoms in total. The molecule has 2 aromatic carbocycles. The smallest absolute Gasteiger partial charge is 0.414 e. The number of rotatable bonds is 7. The fourth-order valence-electron chi connectivity index (χ4n) is 2.78. The van der Waals surface area contributed by atoms with E-state index >= 15 is 0 Å². The first kappa shape index (κ1) is 24.3. The Kier molecular flexibility index (Phi) is 8.70. The molecule has 0 aliphatic heterocycles. The molecule has 0 atom stereocenters. The van der Waals surface area contributed by atoms with Crippen molar-refractivity contribution in [3.05, 3.63) is 59.7 Å². The second kappa shape index (κ2) is 11.4. The van der Waals surface area contributed by atoms with Crippen molar-refractivity contribution >= 4 is 22.7 Å². The van der Waals surface area contributed by atoms with Gasteiger partial charge >= 0.3 is 11.9 Å². The molecule has 3 aromatic rings. The molecule has 0 unspecified atom stereocenters. The maximum atomic E-state index is 14.3. The van der Waals surface area contributed by atoms with Gasteiger partial charge in [-0.15, -0.1) is 0 Å². The Bertz CT molecular complexity index is 1090. The number of nitrogens with zero attached hydrogens (tertiary/aromatic N) is 1. The summed E-state index contributed by atoms with van der Waals surface area (Å²) >= 11 is 0. The lowest BCUT2D eigenvalue weighted by molar-refractivity contribution is -0.159. The van der Waals surface area contributed by atoms with Gasteiger partial charge in [0, 0.05) is 24.1 Å². The van der Waals surface area contributed by atoms with Crippen molar-refractivity contribution in [2.75, 3.05) is 27.5 Å². The van der Waals surface area contributed by atoms with Gasteiger partial charge in [-0.2, -0.15) is 0 Å². The first-order valence-corrected chi connectivity index (χ1v) is 9.23. The lowest BCUT2D eigenvalue weighted by Crippen LogP contribution is -2.09. The monoisotopic (exact) mass is 449 g/mol. The quantitative estimate of drug-likeness (QED) is 0.527. The van der Waals surface area contributed by atoms with Crippen molar-refractivity contribution in [2.24, 2.45) is 0 Å². The van der Waals surface area contributed by atoms with E-state index in [-0.39, 0.29) is 12.4 Å². The number of aromatic nitrogens is 1. The van der Waals surface area contributed by atoms with Crippen LogP contribution in [0.5, 0.6) is 17.2 Å². The molecule has 32 heavy (non-hydrogen) atoms. The third-order valence-corrected chi connectivity index (χ3v) is 4.27. The number of pyridine rings is 1. The molecule has 0 spiro atoms. The van der Waals surface area contributed by atoms with Crippen LogP contribution < -0.4 is 14.2 Å². The minimum Gasteiger partial charge on any atom is -0.497 e. The molecule has 0 bridgehead atoms. The average Bonchev–Trinajstić information content (AvgIpc) is 2.78. The first-order valence-electron chi connectivity index (χ1n) is 9.23. The fraction of sp³-hybridized carbons (Fsp3) is 0.227. The summed E-state index contributed by atoms with van der Waals surface area (Å²) in [7, 11) is 3.02. The van der Waals surface area contributed by atoms with Crippen molar-refractivity contribution in [3.8, 4) is 17.2 Å². The first-order chi connectivity index (χ1) is 15.3. The third-order valence-electron chi connectivity index (χ3n) is 4.27. The highest BCUT2D eigenvalue weighted by Crippen LogP contribution is 2.34. The molecule has 10 heteroatoms. The Morgan fingerprint density at radius 1 is 1.00 bits per heavy atom. The number of carboxylic acid groups (broad SMARTS) is 2. The Hall–Kier alpha value is -3.95. The Balaban J connectivity index is 0.000000534. The molecule has 0 saturated carbocycles. The van der Waals surface area contributed by atoms with Crippen LogP contribution in [0.3, 0.4) is 0 Å². The summed E-state index contributed by atoms with van der Waals surface area (Å²) < 4.78 is 42.5. The number of hydrogen-bond acceptors (Lipinski definition) is 6. The van der Waals surface area contributed by atoms with Gasteiger partial charge in [0.1, 0.15) is 24.8 Å². The number of hydrogen-bond donors (Lipinski definition) is 2. The number of halogens is 2. The van der Waals surface area contributed by atoms with E-state index < -0.39 is 18.6 Å². The van der Waals surface area contributed by atoms with E-state index in [0.29, 0.717) is 34.9 Å². The van der Waals surface area contributed by atoms with E-state index in [2.05, 4.69) is 4.98 Å². The number of benzene rings is 2. The molecule has 0 aliphatic carbocycles. The van der Waals surface area contributed by atoms with Crippen LogP contribution >= 0.6 is 0 Å². The highest BCUT2D eigenvalue weighted by Gasteiger charge is 2.13.